The Morgan fingerprint density at radius 3 is 2.88 bits per heavy atom. The van der Waals surface area contributed by atoms with Gasteiger partial charge in [0.2, 0.25) is 0 Å². The highest BCUT2D eigenvalue weighted by Crippen LogP contribution is 2.20. The predicted molar refractivity (Wildman–Crippen MR) is 97.3 cm³/mol. The highest BCUT2D eigenvalue weighted by atomic mass is 16.5. The molecular formula is C19H23N3O4. The van der Waals surface area contributed by atoms with Crippen molar-refractivity contribution in [3.8, 4) is 5.75 Å². The van der Waals surface area contributed by atoms with Gasteiger partial charge in [0.05, 0.1) is 24.8 Å². The molecule has 1 amide bonds. The minimum absolute atomic E-state index is 0.00951. The molecule has 1 aromatic heterocycles. The molecule has 1 aliphatic rings. The summed E-state index contributed by atoms with van der Waals surface area (Å²) in [5, 5.41) is 15.1. The Balaban J connectivity index is 1.69. The topological polar surface area (TPSA) is 92.7 Å². The molecule has 7 heteroatoms. The van der Waals surface area contributed by atoms with Crippen molar-refractivity contribution in [2.24, 2.45) is 0 Å². The van der Waals surface area contributed by atoms with Crippen molar-refractivity contribution >= 4 is 11.7 Å². The van der Waals surface area contributed by atoms with Crippen molar-refractivity contribution in [3.05, 3.63) is 53.7 Å². The van der Waals surface area contributed by atoms with Crippen LogP contribution in [-0.2, 0) is 11.3 Å². The summed E-state index contributed by atoms with van der Waals surface area (Å²) in [5.74, 6) is 1.02. The van der Waals surface area contributed by atoms with Gasteiger partial charge >= 0.3 is 0 Å². The minimum Gasteiger partial charge on any atom is -0.486 e. The van der Waals surface area contributed by atoms with Gasteiger partial charge in [-0.05, 0) is 36.2 Å². The van der Waals surface area contributed by atoms with Crippen molar-refractivity contribution < 1.29 is 19.4 Å². The fourth-order valence-corrected chi connectivity index (χ4v) is 2.88. The van der Waals surface area contributed by atoms with Crippen LogP contribution in [0.2, 0.25) is 0 Å². The average Bonchev–Trinajstić information content (AvgIpc) is 2.70. The average molecular weight is 357 g/mol. The second-order valence-electron chi connectivity index (χ2n) is 6.05. The standard InChI is InChI=1S/C19H23N3O4/c1-20-18-15(3-2-9-21-18)19(24)22-16-8-10-25-12-17(16)26-14-6-4-13(11-23)5-7-14/h2-7,9,16-17,23H,8,10-12H2,1H3,(H,20,21)(H,22,24). The second-order valence-corrected chi connectivity index (χ2v) is 6.05. The van der Waals surface area contributed by atoms with Gasteiger partial charge < -0.3 is 25.2 Å². The van der Waals surface area contributed by atoms with Gasteiger partial charge in [0.1, 0.15) is 17.7 Å². The number of nitrogens with one attached hydrogen (secondary N) is 2. The molecule has 0 saturated carbocycles. The van der Waals surface area contributed by atoms with E-state index in [1.807, 2.05) is 0 Å². The number of rotatable bonds is 6. The fourth-order valence-electron chi connectivity index (χ4n) is 2.88. The zero-order valence-electron chi connectivity index (χ0n) is 14.6. The molecule has 2 heterocycles. The molecule has 0 bridgehead atoms. The summed E-state index contributed by atoms with van der Waals surface area (Å²) in [5.41, 5.74) is 1.31. The molecule has 2 atom stereocenters. The van der Waals surface area contributed by atoms with Crippen LogP contribution in [-0.4, -0.2) is 48.4 Å². The Morgan fingerprint density at radius 1 is 1.35 bits per heavy atom. The van der Waals surface area contributed by atoms with Crippen LogP contribution in [0.5, 0.6) is 5.75 Å². The zero-order valence-corrected chi connectivity index (χ0v) is 14.6. The van der Waals surface area contributed by atoms with E-state index in [0.29, 0.717) is 36.8 Å². The minimum atomic E-state index is -0.289. The summed E-state index contributed by atoms with van der Waals surface area (Å²) in [6.07, 6.45) is 2.02. The van der Waals surface area contributed by atoms with Crippen molar-refractivity contribution in [1.82, 2.24) is 10.3 Å². The summed E-state index contributed by atoms with van der Waals surface area (Å²) in [4.78, 5) is 16.8. The molecule has 2 unspecified atom stereocenters. The summed E-state index contributed by atoms with van der Waals surface area (Å²) in [6, 6.07) is 10.5. The Morgan fingerprint density at radius 2 is 2.15 bits per heavy atom. The lowest BCUT2D eigenvalue weighted by Gasteiger charge is -2.32. The number of ether oxygens (including phenoxy) is 2. The largest absolute Gasteiger partial charge is 0.486 e. The van der Waals surface area contributed by atoms with Gasteiger partial charge in [0.25, 0.3) is 5.91 Å². The number of nitrogens with zero attached hydrogens (tertiary/aromatic N) is 1. The molecule has 2 aromatic rings. The first-order valence-electron chi connectivity index (χ1n) is 8.59. The van der Waals surface area contributed by atoms with Gasteiger partial charge in [-0.25, -0.2) is 4.98 Å². The quantitative estimate of drug-likeness (QED) is 0.727. The lowest BCUT2D eigenvalue weighted by Crippen LogP contribution is -2.51. The first-order valence-corrected chi connectivity index (χ1v) is 8.59. The molecule has 138 valence electrons. The number of carbonyl (C=O) groups is 1. The van der Waals surface area contributed by atoms with E-state index in [4.69, 9.17) is 14.6 Å². The van der Waals surface area contributed by atoms with E-state index in [1.54, 1.807) is 49.6 Å². The lowest BCUT2D eigenvalue weighted by molar-refractivity contribution is -0.0135. The summed E-state index contributed by atoms with van der Waals surface area (Å²) in [6.45, 7) is 0.962. The van der Waals surface area contributed by atoms with Gasteiger partial charge in [-0.3, -0.25) is 4.79 Å². The number of pyridine rings is 1. The van der Waals surface area contributed by atoms with Crippen LogP contribution < -0.4 is 15.4 Å². The third kappa shape index (κ3) is 4.30. The van der Waals surface area contributed by atoms with Crippen molar-refractivity contribution in [2.75, 3.05) is 25.6 Å². The predicted octanol–water partition coefficient (Wildman–Crippen LogP) is 1.58. The monoisotopic (exact) mass is 357 g/mol. The van der Waals surface area contributed by atoms with E-state index >= 15 is 0 Å². The molecule has 26 heavy (non-hydrogen) atoms. The molecule has 1 saturated heterocycles. The number of benzene rings is 1. The van der Waals surface area contributed by atoms with Crippen molar-refractivity contribution in [1.29, 1.82) is 0 Å². The van der Waals surface area contributed by atoms with Crippen LogP contribution >= 0.6 is 0 Å². The zero-order chi connectivity index (χ0) is 18.4. The van der Waals surface area contributed by atoms with E-state index in [-0.39, 0.29) is 24.7 Å². The maximum atomic E-state index is 12.7. The maximum Gasteiger partial charge on any atom is 0.255 e. The maximum absolute atomic E-state index is 12.7. The van der Waals surface area contributed by atoms with Crippen molar-refractivity contribution in [2.45, 2.75) is 25.2 Å². The number of aromatic nitrogens is 1. The Labute approximate surface area is 152 Å². The Kier molecular flexibility index (Phi) is 6.04. The van der Waals surface area contributed by atoms with Crippen LogP contribution in [0.25, 0.3) is 0 Å². The van der Waals surface area contributed by atoms with E-state index < -0.39 is 0 Å². The summed E-state index contributed by atoms with van der Waals surface area (Å²) >= 11 is 0. The molecule has 1 aromatic carbocycles. The van der Waals surface area contributed by atoms with Gasteiger partial charge in [0.15, 0.2) is 0 Å². The van der Waals surface area contributed by atoms with E-state index in [0.717, 1.165) is 5.56 Å². The lowest BCUT2D eigenvalue weighted by atomic mass is 10.0. The van der Waals surface area contributed by atoms with E-state index in [9.17, 15) is 4.79 Å². The number of amides is 1. The van der Waals surface area contributed by atoms with Crippen molar-refractivity contribution in [3.63, 3.8) is 0 Å². The molecule has 1 fully saturated rings. The van der Waals surface area contributed by atoms with Gasteiger partial charge in [-0.2, -0.15) is 0 Å². The molecule has 7 nitrogen and oxygen atoms in total. The first-order chi connectivity index (χ1) is 12.7. The molecule has 3 rings (SSSR count). The molecular weight excluding hydrogens is 334 g/mol. The number of hydrogen-bond acceptors (Lipinski definition) is 6. The molecule has 0 aliphatic carbocycles. The van der Waals surface area contributed by atoms with Crippen LogP contribution in [0, 0.1) is 0 Å². The number of anilines is 1. The summed E-state index contributed by atoms with van der Waals surface area (Å²) < 4.78 is 11.5. The normalized spacial score (nSPS) is 19.6. The van der Waals surface area contributed by atoms with Crippen LogP contribution in [0.4, 0.5) is 5.82 Å². The number of aliphatic hydroxyl groups excluding tert-OH is 1. The molecule has 0 radical (unpaired) electrons. The van der Waals surface area contributed by atoms with Crippen LogP contribution in [0.3, 0.4) is 0 Å². The highest BCUT2D eigenvalue weighted by Gasteiger charge is 2.29. The van der Waals surface area contributed by atoms with Crippen LogP contribution in [0.15, 0.2) is 42.6 Å². The van der Waals surface area contributed by atoms with Gasteiger partial charge in [0, 0.05) is 19.9 Å². The summed E-state index contributed by atoms with van der Waals surface area (Å²) in [7, 11) is 1.73. The van der Waals surface area contributed by atoms with E-state index in [1.165, 1.54) is 0 Å². The smallest absolute Gasteiger partial charge is 0.255 e. The first kappa shape index (κ1) is 18.2. The highest BCUT2D eigenvalue weighted by molar-refractivity contribution is 5.98. The van der Waals surface area contributed by atoms with Gasteiger partial charge in [-0.15, -0.1) is 0 Å². The number of aliphatic hydroxyl groups is 1. The second kappa shape index (κ2) is 8.64. The third-order valence-electron chi connectivity index (χ3n) is 4.30. The molecule has 3 N–H and O–H groups in total. The number of hydrogen-bond donors (Lipinski definition) is 3. The SMILES string of the molecule is CNc1ncccc1C(=O)NC1CCOCC1Oc1ccc(CO)cc1. The Hall–Kier alpha value is -2.64. The molecule has 0 spiro atoms. The fraction of sp³-hybridized carbons (Fsp3) is 0.368. The van der Waals surface area contributed by atoms with Gasteiger partial charge in [-0.1, -0.05) is 12.1 Å². The third-order valence-corrected chi connectivity index (χ3v) is 4.30. The Bertz CT molecular complexity index is 736. The number of carbonyl (C=O) groups excluding carboxylic acids is 1. The van der Waals surface area contributed by atoms with E-state index in [2.05, 4.69) is 15.6 Å². The molecule has 1 aliphatic heterocycles. The van der Waals surface area contributed by atoms with Crippen LogP contribution in [0.1, 0.15) is 22.3 Å².